The van der Waals surface area contributed by atoms with Crippen molar-refractivity contribution in [3.63, 3.8) is 0 Å². The van der Waals surface area contributed by atoms with Crippen molar-refractivity contribution in [2.24, 2.45) is 5.92 Å². The molecule has 0 aliphatic carbocycles. The Kier molecular flexibility index (Phi) is 6.78. The number of fused-ring (bicyclic) bond motifs is 2. The van der Waals surface area contributed by atoms with Gasteiger partial charge in [-0.05, 0) is 44.4 Å². The average molecular weight is 397 g/mol. The molecule has 1 fully saturated rings. The Morgan fingerprint density at radius 3 is 2.70 bits per heavy atom. The Labute approximate surface area is 163 Å². The van der Waals surface area contributed by atoms with Gasteiger partial charge in [0.2, 0.25) is 10.0 Å². The van der Waals surface area contributed by atoms with Crippen LogP contribution in [0.1, 0.15) is 33.6 Å². The second-order valence-electron chi connectivity index (χ2n) is 7.75. The highest BCUT2D eigenvalue weighted by Crippen LogP contribution is 2.36. The molecule has 0 saturated carbocycles. The molecule has 27 heavy (non-hydrogen) atoms. The minimum absolute atomic E-state index is 0.126. The van der Waals surface area contributed by atoms with Crippen LogP contribution in [0.25, 0.3) is 0 Å². The Balaban J connectivity index is 1.89. The maximum atomic E-state index is 13.4. The highest BCUT2D eigenvalue weighted by Gasteiger charge is 2.43. The highest BCUT2D eigenvalue weighted by molar-refractivity contribution is 7.89. The number of hydrogen-bond donors (Lipinski definition) is 0. The number of hydrogen-bond acceptors (Lipinski definition) is 5. The number of nitrogens with zero attached hydrogens (tertiary/aromatic N) is 2. The Hall–Kier alpha value is -1.15. The van der Waals surface area contributed by atoms with Gasteiger partial charge in [0.1, 0.15) is 16.7 Å². The molecule has 0 amide bonds. The van der Waals surface area contributed by atoms with Gasteiger partial charge < -0.3 is 14.4 Å². The van der Waals surface area contributed by atoms with E-state index in [0.29, 0.717) is 23.8 Å². The molecule has 6 nitrogen and oxygen atoms in total. The first-order valence-electron chi connectivity index (χ1n) is 10.0. The molecular formula is C20H32N2O4S. The third-order valence-electron chi connectivity index (χ3n) is 5.29. The molecule has 2 heterocycles. The zero-order valence-corrected chi connectivity index (χ0v) is 17.5. The van der Waals surface area contributed by atoms with E-state index in [9.17, 15) is 8.42 Å². The van der Waals surface area contributed by atoms with Crippen molar-refractivity contribution >= 4 is 10.0 Å². The molecule has 2 aliphatic heterocycles. The lowest BCUT2D eigenvalue weighted by molar-refractivity contribution is 0.106. The number of rotatable bonds is 6. The molecule has 3 rings (SSSR count). The van der Waals surface area contributed by atoms with E-state index in [4.69, 9.17) is 9.47 Å². The van der Waals surface area contributed by atoms with Crippen LogP contribution >= 0.6 is 0 Å². The quantitative estimate of drug-likeness (QED) is 0.692. The third-order valence-corrected chi connectivity index (χ3v) is 7.22. The van der Waals surface area contributed by atoms with Gasteiger partial charge >= 0.3 is 0 Å². The van der Waals surface area contributed by atoms with Gasteiger partial charge in [-0.25, -0.2) is 8.42 Å². The molecule has 7 heteroatoms. The summed E-state index contributed by atoms with van der Waals surface area (Å²) >= 11 is 0. The summed E-state index contributed by atoms with van der Waals surface area (Å²) in [5.74, 6) is 0.740. The van der Waals surface area contributed by atoms with Crippen molar-refractivity contribution in [1.29, 1.82) is 0 Å². The maximum Gasteiger partial charge on any atom is 0.247 e. The predicted molar refractivity (Wildman–Crippen MR) is 106 cm³/mol. The second-order valence-corrected chi connectivity index (χ2v) is 9.61. The van der Waals surface area contributed by atoms with Crippen LogP contribution in [-0.4, -0.2) is 69.2 Å². The van der Waals surface area contributed by atoms with E-state index in [1.807, 2.05) is 13.0 Å². The molecule has 1 aromatic carbocycles. The summed E-state index contributed by atoms with van der Waals surface area (Å²) in [6, 6.07) is 6.91. The SMILES string of the molecule is CCOCCN1CC[C@@H]2[C@@H](CC1)Oc1ccccc1S(=O)(=O)N2CC(C)C. The van der Waals surface area contributed by atoms with E-state index < -0.39 is 10.0 Å². The van der Waals surface area contributed by atoms with Gasteiger partial charge in [0.05, 0.1) is 12.6 Å². The molecule has 2 atom stereocenters. The summed E-state index contributed by atoms with van der Waals surface area (Å²) in [6.07, 6.45) is 1.46. The van der Waals surface area contributed by atoms with E-state index in [1.165, 1.54) is 0 Å². The Morgan fingerprint density at radius 1 is 1.22 bits per heavy atom. The molecule has 1 saturated heterocycles. The summed E-state index contributed by atoms with van der Waals surface area (Å²) in [4.78, 5) is 2.66. The number of benzene rings is 1. The molecule has 0 bridgehead atoms. The number of likely N-dealkylation sites (tertiary alicyclic amines) is 1. The third kappa shape index (κ3) is 4.65. The van der Waals surface area contributed by atoms with Crippen LogP contribution < -0.4 is 4.74 Å². The largest absolute Gasteiger partial charge is 0.487 e. The van der Waals surface area contributed by atoms with Crippen LogP contribution in [0.4, 0.5) is 0 Å². The topological polar surface area (TPSA) is 59.1 Å². The van der Waals surface area contributed by atoms with Crippen LogP contribution in [0, 0.1) is 5.92 Å². The second kappa shape index (κ2) is 8.90. The smallest absolute Gasteiger partial charge is 0.247 e. The van der Waals surface area contributed by atoms with Crippen LogP contribution in [0.5, 0.6) is 5.75 Å². The first-order valence-corrected chi connectivity index (χ1v) is 11.4. The molecule has 0 aromatic heterocycles. The summed E-state index contributed by atoms with van der Waals surface area (Å²) in [7, 11) is -3.57. The monoisotopic (exact) mass is 396 g/mol. The fraction of sp³-hybridized carbons (Fsp3) is 0.700. The van der Waals surface area contributed by atoms with Crippen molar-refractivity contribution in [3.8, 4) is 5.75 Å². The number of para-hydroxylation sites is 1. The van der Waals surface area contributed by atoms with E-state index in [1.54, 1.807) is 22.5 Å². The first-order chi connectivity index (χ1) is 12.9. The molecule has 0 radical (unpaired) electrons. The average Bonchev–Trinajstić information content (AvgIpc) is 2.86. The van der Waals surface area contributed by atoms with Crippen molar-refractivity contribution in [2.45, 2.75) is 50.7 Å². The highest BCUT2D eigenvalue weighted by atomic mass is 32.2. The summed E-state index contributed by atoms with van der Waals surface area (Å²) in [5.41, 5.74) is 0. The lowest BCUT2D eigenvalue weighted by Gasteiger charge is -2.32. The van der Waals surface area contributed by atoms with Gasteiger partial charge in [0.25, 0.3) is 0 Å². The van der Waals surface area contributed by atoms with E-state index in [-0.39, 0.29) is 18.1 Å². The minimum Gasteiger partial charge on any atom is -0.487 e. The van der Waals surface area contributed by atoms with E-state index in [2.05, 4.69) is 18.7 Å². The molecule has 1 aromatic rings. The van der Waals surface area contributed by atoms with E-state index >= 15 is 0 Å². The van der Waals surface area contributed by atoms with Crippen LogP contribution in [-0.2, 0) is 14.8 Å². The summed E-state index contributed by atoms with van der Waals surface area (Å²) in [5, 5.41) is 0. The summed E-state index contributed by atoms with van der Waals surface area (Å²) in [6.45, 7) is 10.7. The Bertz CT molecular complexity index is 722. The number of sulfonamides is 1. The maximum absolute atomic E-state index is 13.4. The molecular weight excluding hydrogens is 364 g/mol. The zero-order chi connectivity index (χ0) is 19.4. The van der Waals surface area contributed by atoms with Crippen molar-refractivity contribution < 1.29 is 17.9 Å². The van der Waals surface area contributed by atoms with Crippen LogP contribution in [0.2, 0.25) is 0 Å². The van der Waals surface area contributed by atoms with Crippen molar-refractivity contribution in [1.82, 2.24) is 9.21 Å². The van der Waals surface area contributed by atoms with Crippen molar-refractivity contribution in [3.05, 3.63) is 24.3 Å². The summed E-state index contributed by atoms with van der Waals surface area (Å²) < 4.78 is 40.3. The first kappa shape index (κ1) is 20.6. The Morgan fingerprint density at radius 2 is 1.96 bits per heavy atom. The fourth-order valence-corrected chi connectivity index (χ4v) is 5.93. The van der Waals surface area contributed by atoms with Crippen LogP contribution in [0.3, 0.4) is 0 Å². The molecule has 0 unspecified atom stereocenters. The molecule has 0 N–H and O–H groups in total. The standard InChI is InChI=1S/C20H32N2O4S/c1-4-25-14-13-21-11-9-17-18(10-12-21)26-19-7-5-6-8-20(19)27(23,24)22(17)15-16(2)3/h5-8,16-18H,4,9-15H2,1-3H3/t17-,18-/m1/s1. The van der Waals surface area contributed by atoms with Crippen LogP contribution in [0.15, 0.2) is 29.2 Å². The minimum atomic E-state index is -3.57. The lowest BCUT2D eigenvalue weighted by Crippen LogP contribution is -2.48. The molecule has 152 valence electrons. The lowest BCUT2D eigenvalue weighted by atomic mass is 10.0. The zero-order valence-electron chi connectivity index (χ0n) is 16.6. The predicted octanol–water partition coefficient (Wildman–Crippen LogP) is 2.60. The van der Waals surface area contributed by atoms with E-state index in [0.717, 1.165) is 39.1 Å². The van der Waals surface area contributed by atoms with Gasteiger partial charge in [0, 0.05) is 26.2 Å². The fourth-order valence-electron chi connectivity index (χ4n) is 3.96. The molecule has 2 aliphatic rings. The normalized spacial score (nSPS) is 25.9. The van der Waals surface area contributed by atoms with Gasteiger partial charge in [-0.2, -0.15) is 4.31 Å². The molecule has 0 spiro atoms. The van der Waals surface area contributed by atoms with Gasteiger partial charge in [-0.3, -0.25) is 0 Å². The van der Waals surface area contributed by atoms with Gasteiger partial charge in [0.15, 0.2) is 0 Å². The van der Waals surface area contributed by atoms with Crippen molar-refractivity contribution in [2.75, 3.05) is 39.4 Å². The van der Waals surface area contributed by atoms with Gasteiger partial charge in [-0.15, -0.1) is 0 Å². The van der Waals surface area contributed by atoms with Gasteiger partial charge in [-0.1, -0.05) is 26.0 Å². The number of ether oxygens (including phenoxy) is 2.